The molecule has 0 spiro atoms. The van der Waals surface area contributed by atoms with Gasteiger partial charge in [0, 0.05) is 11.4 Å². The van der Waals surface area contributed by atoms with E-state index in [0.717, 1.165) is 16.9 Å². The maximum Gasteiger partial charge on any atom is 0.250 e. The smallest absolute Gasteiger partial charge is 0.250 e. The van der Waals surface area contributed by atoms with Crippen molar-refractivity contribution in [2.75, 3.05) is 6.54 Å². The summed E-state index contributed by atoms with van der Waals surface area (Å²) in [7, 11) is -3.46. The quantitative estimate of drug-likeness (QED) is 0.854. The minimum absolute atomic E-state index is 0.135. The highest BCUT2D eigenvalue weighted by atomic mass is 32.2. The number of sulfonamides is 1. The molecule has 1 aromatic carbocycles. The van der Waals surface area contributed by atoms with Crippen molar-refractivity contribution in [1.82, 2.24) is 4.72 Å². The summed E-state index contributed by atoms with van der Waals surface area (Å²) in [6, 6.07) is 12.8. The van der Waals surface area contributed by atoms with E-state index in [4.69, 9.17) is 5.11 Å². The van der Waals surface area contributed by atoms with Crippen molar-refractivity contribution < 1.29 is 13.5 Å². The average Bonchev–Trinajstić information content (AvgIpc) is 2.89. The minimum Gasteiger partial charge on any atom is -0.391 e. The summed E-state index contributed by atoms with van der Waals surface area (Å²) in [4.78, 5) is 0.642. The van der Waals surface area contributed by atoms with E-state index in [1.165, 1.54) is 6.07 Å². The monoisotopic (exact) mass is 297 g/mol. The molecule has 0 aliphatic heterocycles. The second kappa shape index (κ2) is 6.29. The minimum atomic E-state index is -3.46. The topological polar surface area (TPSA) is 66.4 Å². The Labute approximate surface area is 116 Å². The summed E-state index contributed by atoms with van der Waals surface area (Å²) in [5.41, 5.74) is 1.09. The van der Waals surface area contributed by atoms with Gasteiger partial charge < -0.3 is 5.11 Å². The molecule has 19 heavy (non-hydrogen) atoms. The molecular formula is C13H15NO3S2. The highest BCUT2D eigenvalue weighted by Gasteiger charge is 2.15. The van der Waals surface area contributed by atoms with Crippen LogP contribution in [0.2, 0.25) is 0 Å². The molecule has 1 aromatic heterocycles. The first-order valence-corrected chi connectivity index (χ1v) is 8.15. The predicted octanol–water partition coefficient (Wildman–Crippen LogP) is 1.76. The van der Waals surface area contributed by atoms with Gasteiger partial charge in [-0.15, -0.1) is 11.3 Å². The molecule has 0 amide bonds. The SMILES string of the molecule is O=S(=O)(NCCc1ccccc1)c1ccc(CO)s1. The summed E-state index contributed by atoms with van der Waals surface area (Å²) < 4.78 is 26.7. The molecule has 0 aliphatic rings. The van der Waals surface area contributed by atoms with Crippen molar-refractivity contribution in [2.24, 2.45) is 0 Å². The zero-order chi connectivity index (χ0) is 13.7. The zero-order valence-corrected chi connectivity index (χ0v) is 11.9. The zero-order valence-electron chi connectivity index (χ0n) is 10.2. The normalized spacial score (nSPS) is 11.6. The molecule has 6 heteroatoms. The number of benzene rings is 1. The molecule has 2 N–H and O–H groups in total. The van der Waals surface area contributed by atoms with E-state index in [-0.39, 0.29) is 10.8 Å². The second-order valence-electron chi connectivity index (χ2n) is 4.01. The standard InChI is InChI=1S/C13H15NO3S2/c15-10-12-6-7-13(18-12)19(16,17)14-9-8-11-4-2-1-3-5-11/h1-7,14-15H,8-10H2. The van der Waals surface area contributed by atoms with Crippen LogP contribution in [0.25, 0.3) is 0 Å². The van der Waals surface area contributed by atoms with E-state index < -0.39 is 10.0 Å². The van der Waals surface area contributed by atoms with Gasteiger partial charge in [-0.1, -0.05) is 30.3 Å². The van der Waals surface area contributed by atoms with Crippen molar-refractivity contribution in [3.05, 3.63) is 52.9 Å². The third-order valence-electron chi connectivity index (χ3n) is 2.61. The molecule has 0 unspecified atom stereocenters. The van der Waals surface area contributed by atoms with Crippen LogP contribution >= 0.6 is 11.3 Å². The fourth-order valence-electron chi connectivity index (χ4n) is 1.63. The predicted molar refractivity (Wildman–Crippen MR) is 75.6 cm³/mol. The Kier molecular flexibility index (Phi) is 4.71. The Balaban J connectivity index is 1.94. The van der Waals surface area contributed by atoms with Crippen LogP contribution in [0, 0.1) is 0 Å². The number of rotatable bonds is 6. The van der Waals surface area contributed by atoms with E-state index >= 15 is 0 Å². The van der Waals surface area contributed by atoms with Gasteiger partial charge in [0.2, 0.25) is 10.0 Å². The van der Waals surface area contributed by atoms with Crippen LogP contribution in [0.15, 0.2) is 46.7 Å². The number of thiophene rings is 1. The van der Waals surface area contributed by atoms with Gasteiger partial charge in [0.15, 0.2) is 0 Å². The molecule has 0 atom stereocenters. The van der Waals surface area contributed by atoms with Crippen LogP contribution in [0.1, 0.15) is 10.4 Å². The van der Waals surface area contributed by atoms with Gasteiger partial charge in [-0.25, -0.2) is 13.1 Å². The molecule has 0 aliphatic carbocycles. The van der Waals surface area contributed by atoms with Crippen molar-refractivity contribution >= 4 is 21.4 Å². The van der Waals surface area contributed by atoms with Gasteiger partial charge in [-0.2, -0.15) is 0 Å². The molecule has 0 fully saturated rings. The highest BCUT2D eigenvalue weighted by molar-refractivity contribution is 7.91. The average molecular weight is 297 g/mol. The third-order valence-corrected chi connectivity index (χ3v) is 5.63. The molecule has 0 radical (unpaired) electrons. The van der Waals surface area contributed by atoms with E-state index in [9.17, 15) is 8.42 Å². The van der Waals surface area contributed by atoms with Crippen LogP contribution in [0.5, 0.6) is 0 Å². The lowest BCUT2D eigenvalue weighted by atomic mass is 10.2. The number of aliphatic hydroxyl groups is 1. The maximum atomic E-state index is 12.0. The lowest BCUT2D eigenvalue weighted by Crippen LogP contribution is -2.25. The Bertz CT molecular complexity index is 620. The van der Waals surface area contributed by atoms with Crippen LogP contribution < -0.4 is 4.72 Å². The first-order valence-electron chi connectivity index (χ1n) is 5.85. The highest BCUT2D eigenvalue weighted by Crippen LogP contribution is 2.21. The Morgan fingerprint density at radius 3 is 2.47 bits per heavy atom. The summed E-state index contributed by atoms with van der Waals surface area (Å²) in [5, 5.41) is 8.94. The van der Waals surface area contributed by atoms with E-state index in [1.807, 2.05) is 30.3 Å². The molecule has 102 valence electrons. The van der Waals surface area contributed by atoms with Crippen LogP contribution in [0.3, 0.4) is 0 Å². The van der Waals surface area contributed by atoms with Crippen molar-refractivity contribution in [1.29, 1.82) is 0 Å². The fourth-order valence-corrected chi connectivity index (χ4v) is 3.93. The van der Waals surface area contributed by atoms with Gasteiger partial charge >= 0.3 is 0 Å². The Hall–Kier alpha value is -1.21. The molecule has 0 bridgehead atoms. The van der Waals surface area contributed by atoms with Crippen LogP contribution in [0.4, 0.5) is 0 Å². The third kappa shape index (κ3) is 3.87. The second-order valence-corrected chi connectivity index (χ2v) is 7.17. The largest absolute Gasteiger partial charge is 0.391 e. The van der Waals surface area contributed by atoms with Crippen molar-refractivity contribution in [3.8, 4) is 0 Å². The summed E-state index contributed by atoms with van der Waals surface area (Å²) >= 11 is 1.09. The lowest BCUT2D eigenvalue weighted by molar-refractivity contribution is 0.285. The van der Waals surface area contributed by atoms with E-state index in [2.05, 4.69) is 4.72 Å². The molecule has 4 nitrogen and oxygen atoms in total. The van der Waals surface area contributed by atoms with E-state index in [0.29, 0.717) is 17.8 Å². The molecular weight excluding hydrogens is 282 g/mol. The molecule has 2 rings (SSSR count). The lowest BCUT2D eigenvalue weighted by Gasteiger charge is -2.04. The van der Waals surface area contributed by atoms with Gasteiger partial charge in [0.1, 0.15) is 4.21 Å². The van der Waals surface area contributed by atoms with Gasteiger partial charge in [0.25, 0.3) is 0 Å². The summed E-state index contributed by atoms with van der Waals surface area (Å²) in [6.07, 6.45) is 0.651. The molecule has 0 saturated heterocycles. The van der Waals surface area contributed by atoms with Crippen molar-refractivity contribution in [3.63, 3.8) is 0 Å². The first-order chi connectivity index (χ1) is 9.12. The first kappa shape index (κ1) is 14.2. The Morgan fingerprint density at radius 2 is 1.84 bits per heavy atom. The molecule has 0 saturated carbocycles. The number of hydrogen-bond donors (Lipinski definition) is 2. The van der Waals surface area contributed by atoms with Crippen LogP contribution in [-0.4, -0.2) is 20.1 Å². The molecule has 2 aromatic rings. The van der Waals surface area contributed by atoms with Gasteiger partial charge in [-0.05, 0) is 24.1 Å². The van der Waals surface area contributed by atoms with Crippen LogP contribution in [-0.2, 0) is 23.1 Å². The number of aliphatic hydroxyl groups excluding tert-OH is 1. The summed E-state index contributed by atoms with van der Waals surface area (Å²) in [6.45, 7) is 0.225. The molecule has 1 heterocycles. The van der Waals surface area contributed by atoms with Gasteiger partial charge in [0.05, 0.1) is 6.61 Å². The number of nitrogens with one attached hydrogen (secondary N) is 1. The fraction of sp³-hybridized carbons (Fsp3) is 0.231. The van der Waals surface area contributed by atoms with Gasteiger partial charge in [-0.3, -0.25) is 0 Å². The maximum absolute atomic E-state index is 12.0. The van der Waals surface area contributed by atoms with Crippen molar-refractivity contribution in [2.45, 2.75) is 17.2 Å². The Morgan fingerprint density at radius 1 is 1.11 bits per heavy atom. The van der Waals surface area contributed by atoms with E-state index in [1.54, 1.807) is 6.07 Å². The number of hydrogen-bond acceptors (Lipinski definition) is 4. The summed E-state index contributed by atoms with van der Waals surface area (Å²) in [5.74, 6) is 0.